The van der Waals surface area contributed by atoms with Gasteiger partial charge >= 0.3 is 5.69 Å². The Morgan fingerprint density at radius 2 is 1.90 bits per heavy atom. The molecule has 7 heteroatoms. The van der Waals surface area contributed by atoms with Crippen molar-refractivity contribution in [3.8, 4) is 0 Å². The number of aromatic nitrogens is 2. The minimum atomic E-state index is -1.01. The number of halogens is 2. The minimum absolute atomic E-state index is 0.0127. The highest BCUT2D eigenvalue weighted by atomic mass is 19.2. The van der Waals surface area contributed by atoms with Gasteiger partial charge in [0.25, 0.3) is 5.56 Å². The van der Waals surface area contributed by atoms with Crippen LogP contribution >= 0.6 is 0 Å². The van der Waals surface area contributed by atoms with Gasteiger partial charge in [-0.2, -0.15) is 0 Å². The van der Waals surface area contributed by atoms with Crippen molar-refractivity contribution in [2.75, 3.05) is 5.32 Å². The molecule has 0 amide bonds. The number of benzene rings is 1. The largest absolute Gasteiger partial charge is 0.378 e. The van der Waals surface area contributed by atoms with Crippen molar-refractivity contribution in [1.29, 1.82) is 0 Å². The van der Waals surface area contributed by atoms with Crippen LogP contribution in [0.15, 0.2) is 34.0 Å². The summed E-state index contributed by atoms with van der Waals surface area (Å²) in [6.07, 6.45) is 1.37. The van der Waals surface area contributed by atoms with E-state index in [1.165, 1.54) is 37.0 Å². The van der Waals surface area contributed by atoms with Crippen molar-refractivity contribution < 1.29 is 8.78 Å². The Morgan fingerprint density at radius 1 is 1.20 bits per heavy atom. The second kappa shape index (κ2) is 5.28. The first-order valence-corrected chi connectivity index (χ1v) is 5.85. The fraction of sp³-hybridized carbons (Fsp3) is 0.231. The number of hydrogen-bond donors (Lipinski definition) is 1. The molecule has 106 valence electrons. The molecule has 0 unspecified atom stereocenters. The molecule has 5 nitrogen and oxygen atoms in total. The molecule has 0 aliphatic rings. The summed E-state index contributed by atoms with van der Waals surface area (Å²) in [7, 11) is 2.87. The zero-order valence-electron chi connectivity index (χ0n) is 11.0. The van der Waals surface area contributed by atoms with Crippen LogP contribution in [0.25, 0.3) is 0 Å². The second-order valence-corrected chi connectivity index (χ2v) is 4.37. The molecule has 0 saturated heterocycles. The maximum absolute atomic E-state index is 13.5. The molecule has 0 radical (unpaired) electrons. The highest BCUT2D eigenvalue weighted by Gasteiger charge is 2.10. The number of rotatable bonds is 3. The van der Waals surface area contributed by atoms with Crippen LogP contribution in [-0.4, -0.2) is 9.13 Å². The van der Waals surface area contributed by atoms with Gasteiger partial charge in [0.15, 0.2) is 11.6 Å². The van der Waals surface area contributed by atoms with Gasteiger partial charge in [-0.25, -0.2) is 13.6 Å². The summed E-state index contributed by atoms with van der Waals surface area (Å²) < 4.78 is 28.7. The van der Waals surface area contributed by atoms with E-state index in [-0.39, 0.29) is 17.8 Å². The Labute approximate surface area is 113 Å². The van der Waals surface area contributed by atoms with E-state index < -0.39 is 22.9 Å². The van der Waals surface area contributed by atoms with E-state index in [1.54, 1.807) is 0 Å². The quantitative estimate of drug-likeness (QED) is 0.912. The molecule has 2 aromatic rings. The molecule has 1 heterocycles. The molecule has 20 heavy (non-hydrogen) atoms. The van der Waals surface area contributed by atoms with E-state index in [0.29, 0.717) is 0 Å². The molecule has 2 rings (SSSR count). The van der Waals surface area contributed by atoms with Crippen molar-refractivity contribution >= 4 is 5.69 Å². The molecule has 1 aromatic carbocycles. The standard InChI is InChI=1S/C13H13F2N3O2/c1-17-7-8(12(19)18(2)13(17)20)6-16-10-5-3-4-9(14)11(10)15/h3-5,7,16H,6H2,1-2H3. The maximum atomic E-state index is 13.5. The lowest BCUT2D eigenvalue weighted by atomic mass is 10.2. The van der Waals surface area contributed by atoms with Gasteiger partial charge in [-0.15, -0.1) is 0 Å². The SMILES string of the molecule is Cn1cc(CNc2cccc(F)c2F)c(=O)n(C)c1=O. The third kappa shape index (κ3) is 2.47. The van der Waals surface area contributed by atoms with Crippen molar-refractivity contribution in [2.24, 2.45) is 14.1 Å². The van der Waals surface area contributed by atoms with Gasteiger partial charge < -0.3 is 9.88 Å². The van der Waals surface area contributed by atoms with Crippen LogP contribution in [0.1, 0.15) is 5.56 Å². The zero-order chi connectivity index (χ0) is 14.9. The van der Waals surface area contributed by atoms with Crippen molar-refractivity contribution in [3.63, 3.8) is 0 Å². The van der Waals surface area contributed by atoms with Crippen molar-refractivity contribution in [1.82, 2.24) is 9.13 Å². The molecule has 1 aromatic heterocycles. The van der Waals surface area contributed by atoms with Gasteiger partial charge in [0.2, 0.25) is 0 Å². The van der Waals surface area contributed by atoms with Crippen LogP contribution < -0.4 is 16.6 Å². The predicted octanol–water partition coefficient (Wildman–Crippen LogP) is 0.974. The molecular weight excluding hydrogens is 268 g/mol. The van der Waals surface area contributed by atoms with Crippen LogP contribution in [0.5, 0.6) is 0 Å². The summed E-state index contributed by atoms with van der Waals surface area (Å²) in [5, 5.41) is 2.64. The van der Waals surface area contributed by atoms with Gasteiger partial charge in [-0.3, -0.25) is 9.36 Å². The molecule has 0 fully saturated rings. The summed E-state index contributed by atoms with van der Waals surface area (Å²) in [5.74, 6) is -1.97. The van der Waals surface area contributed by atoms with Crippen molar-refractivity contribution in [3.05, 3.63) is 62.4 Å². The van der Waals surface area contributed by atoms with Crippen LogP contribution in [0.2, 0.25) is 0 Å². The fourth-order valence-electron chi connectivity index (χ4n) is 1.84. The Kier molecular flexibility index (Phi) is 3.69. The van der Waals surface area contributed by atoms with E-state index in [0.717, 1.165) is 10.6 Å². The van der Waals surface area contributed by atoms with Gasteiger partial charge in [0, 0.05) is 26.8 Å². The summed E-state index contributed by atoms with van der Waals surface area (Å²) in [4.78, 5) is 23.4. The lowest BCUT2D eigenvalue weighted by Gasteiger charge is -2.09. The first-order chi connectivity index (χ1) is 9.41. The maximum Gasteiger partial charge on any atom is 0.330 e. The topological polar surface area (TPSA) is 56.0 Å². The summed E-state index contributed by atoms with van der Waals surface area (Å²) in [6, 6.07) is 3.73. The molecule has 0 aliphatic carbocycles. The van der Waals surface area contributed by atoms with Gasteiger partial charge in [-0.1, -0.05) is 6.07 Å². The molecule has 0 aliphatic heterocycles. The van der Waals surface area contributed by atoms with E-state index in [2.05, 4.69) is 5.32 Å². The van der Waals surface area contributed by atoms with Crippen LogP contribution in [0.4, 0.5) is 14.5 Å². The Balaban J connectivity index is 2.31. The zero-order valence-corrected chi connectivity index (χ0v) is 11.0. The molecular formula is C13H13F2N3O2. The molecule has 0 bridgehead atoms. The van der Waals surface area contributed by atoms with Crippen LogP contribution in [0, 0.1) is 11.6 Å². The number of nitrogens with one attached hydrogen (secondary N) is 1. The van der Waals surface area contributed by atoms with Crippen molar-refractivity contribution in [2.45, 2.75) is 6.54 Å². The van der Waals surface area contributed by atoms with Gasteiger partial charge in [0.1, 0.15) is 0 Å². The van der Waals surface area contributed by atoms with E-state index in [4.69, 9.17) is 0 Å². The third-order valence-corrected chi connectivity index (χ3v) is 2.94. The summed E-state index contributed by atoms with van der Waals surface area (Å²) in [6.45, 7) is -0.0127. The Morgan fingerprint density at radius 3 is 2.60 bits per heavy atom. The second-order valence-electron chi connectivity index (χ2n) is 4.37. The van der Waals surface area contributed by atoms with Gasteiger partial charge in [-0.05, 0) is 12.1 Å². The molecule has 0 spiro atoms. The number of hydrogen-bond acceptors (Lipinski definition) is 3. The number of aryl methyl sites for hydroxylation is 1. The Bertz CT molecular complexity index is 765. The fourth-order valence-corrected chi connectivity index (χ4v) is 1.84. The van der Waals surface area contributed by atoms with E-state index >= 15 is 0 Å². The first kappa shape index (κ1) is 14.0. The minimum Gasteiger partial charge on any atom is -0.378 e. The first-order valence-electron chi connectivity index (χ1n) is 5.85. The normalized spacial score (nSPS) is 10.6. The number of nitrogens with zero attached hydrogens (tertiary/aromatic N) is 2. The highest BCUT2D eigenvalue weighted by molar-refractivity contribution is 5.45. The highest BCUT2D eigenvalue weighted by Crippen LogP contribution is 2.16. The van der Waals surface area contributed by atoms with Crippen LogP contribution in [-0.2, 0) is 20.6 Å². The van der Waals surface area contributed by atoms with Crippen LogP contribution in [0.3, 0.4) is 0 Å². The van der Waals surface area contributed by atoms with E-state index in [9.17, 15) is 18.4 Å². The molecule has 0 saturated carbocycles. The molecule has 1 N–H and O–H groups in total. The predicted molar refractivity (Wildman–Crippen MR) is 70.6 cm³/mol. The van der Waals surface area contributed by atoms with E-state index in [1.807, 2.05) is 0 Å². The molecule has 0 atom stereocenters. The van der Waals surface area contributed by atoms with Gasteiger partial charge in [0.05, 0.1) is 11.3 Å². The third-order valence-electron chi connectivity index (χ3n) is 2.94. The Hall–Kier alpha value is -2.44. The summed E-state index contributed by atoms with van der Waals surface area (Å²) >= 11 is 0. The smallest absolute Gasteiger partial charge is 0.330 e. The average Bonchev–Trinajstić information content (AvgIpc) is 2.43. The average molecular weight is 281 g/mol. The summed E-state index contributed by atoms with van der Waals surface area (Å²) in [5.41, 5.74) is -0.688. The number of anilines is 1. The monoisotopic (exact) mass is 281 g/mol. The lowest BCUT2D eigenvalue weighted by Crippen LogP contribution is -2.38. The lowest BCUT2D eigenvalue weighted by molar-refractivity contribution is 0.511.